The molecule has 0 radical (unpaired) electrons. The zero-order valence-corrected chi connectivity index (χ0v) is 14.9. The Balaban J connectivity index is 0.000000396. The summed E-state index contributed by atoms with van der Waals surface area (Å²) in [5.74, 6) is 0. The highest BCUT2D eigenvalue weighted by Crippen LogP contribution is 2.38. The Kier molecular flexibility index (Phi) is 4.66. The fourth-order valence-corrected chi connectivity index (χ4v) is 3.49. The molecule has 0 aromatic heterocycles. The van der Waals surface area contributed by atoms with E-state index in [2.05, 4.69) is 72.8 Å². The first-order valence-corrected chi connectivity index (χ1v) is 8.97. The molecule has 0 aliphatic carbocycles. The van der Waals surface area contributed by atoms with Gasteiger partial charge in [-0.1, -0.05) is 94.4 Å². The third-order valence-corrected chi connectivity index (χ3v) is 4.37. The van der Waals surface area contributed by atoms with E-state index in [1.807, 2.05) is 27.7 Å². The van der Waals surface area contributed by atoms with Gasteiger partial charge in [0, 0.05) is 0 Å². The van der Waals surface area contributed by atoms with Gasteiger partial charge in [-0.15, -0.1) is 0 Å². The van der Waals surface area contributed by atoms with E-state index in [0.29, 0.717) is 0 Å². The standard InChI is InChI=1S/C20H12.2C2H6/c1-2-7-17-15(4-1)12-16-9-8-13-5-3-6-14-10-11-18(17)20(16)19(13)14;2*1-2/h1-12H;2*1-2H3. The summed E-state index contributed by atoms with van der Waals surface area (Å²) < 4.78 is 0. The van der Waals surface area contributed by atoms with Crippen LogP contribution in [0.2, 0.25) is 0 Å². The molecule has 120 valence electrons. The molecule has 0 saturated heterocycles. The second kappa shape index (κ2) is 6.88. The third-order valence-electron chi connectivity index (χ3n) is 4.37. The summed E-state index contributed by atoms with van der Waals surface area (Å²) in [4.78, 5) is 0. The molecule has 24 heavy (non-hydrogen) atoms. The average Bonchev–Trinajstić information content (AvgIpc) is 2.69. The van der Waals surface area contributed by atoms with Crippen LogP contribution in [0, 0.1) is 0 Å². The molecule has 0 N–H and O–H groups in total. The lowest BCUT2D eigenvalue weighted by Gasteiger charge is -2.12. The van der Waals surface area contributed by atoms with Gasteiger partial charge in [0.15, 0.2) is 0 Å². The second-order valence-electron chi connectivity index (χ2n) is 5.45. The van der Waals surface area contributed by atoms with Crippen molar-refractivity contribution in [3.05, 3.63) is 72.8 Å². The van der Waals surface area contributed by atoms with Crippen LogP contribution in [-0.2, 0) is 0 Å². The van der Waals surface area contributed by atoms with Gasteiger partial charge >= 0.3 is 0 Å². The van der Waals surface area contributed by atoms with Crippen molar-refractivity contribution in [1.29, 1.82) is 0 Å². The summed E-state index contributed by atoms with van der Waals surface area (Å²) in [5.41, 5.74) is 0. The van der Waals surface area contributed by atoms with Crippen LogP contribution in [0.25, 0.3) is 43.1 Å². The van der Waals surface area contributed by atoms with Crippen LogP contribution in [0.5, 0.6) is 0 Å². The van der Waals surface area contributed by atoms with Crippen molar-refractivity contribution in [3.8, 4) is 0 Å². The number of hydrogen-bond donors (Lipinski definition) is 0. The molecule has 0 spiro atoms. The van der Waals surface area contributed by atoms with E-state index in [1.54, 1.807) is 0 Å². The largest absolute Gasteiger partial charge is 0.0683 e. The van der Waals surface area contributed by atoms with Crippen LogP contribution >= 0.6 is 0 Å². The van der Waals surface area contributed by atoms with Crippen LogP contribution in [0.3, 0.4) is 0 Å². The minimum atomic E-state index is 1.32. The van der Waals surface area contributed by atoms with Gasteiger partial charge < -0.3 is 0 Å². The molecule has 0 aliphatic rings. The number of rotatable bonds is 0. The Morgan fingerprint density at radius 1 is 0.417 bits per heavy atom. The zero-order valence-electron chi connectivity index (χ0n) is 14.9. The van der Waals surface area contributed by atoms with Gasteiger partial charge in [-0.25, -0.2) is 0 Å². The van der Waals surface area contributed by atoms with Crippen LogP contribution in [0.15, 0.2) is 72.8 Å². The predicted octanol–water partition coefficient (Wildman–Crippen LogP) is 7.79. The summed E-state index contributed by atoms with van der Waals surface area (Å²) >= 11 is 0. The molecule has 0 amide bonds. The fraction of sp³-hybridized carbons (Fsp3) is 0.167. The summed E-state index contributed by atoms with van der Waals surface area (Å²) in [7, 11) is 0. The fourth-order valence-electron chi connectivity index (χ4n) is 3.49. The first-order valence-electron chi connectivity index (χ1n) is 8.97. The molecule has 0 heteroatoms. The van der Waals surface area contributed by atoms with Crippen molar-refractivity contribution in [2.45, 2.75) is 27.7 Å². The van der Waals surface area contributed by atoms with Crippen molar-refractivity contribution in [1.82, 2.24) is 0 Å². The molecule has 0 fully saturated rings. The van der Waals surface area contributed by atoms with E-state index < -0.39 is 0 Å². The molecule has 0 bridgehead atoms. The first kappa shape index (κ1) is 16.3. The first-order chi connectivity index (χ1) is 11.9. The Labute approximate surface area is 144 Å². The summed E-state index contributed by atoms with van der Waals surface area (Å²) in [6, 6.07) is 26.5. The van der Waals surface area contributed by atoms with Crippen molar-refractivity contribution in [2.24, 2.45) is 0 Å². The summed E-state index contributed by atoms with van der Waals surface area (Å²) in [5, 5.41) is 10.8. The second-order valence-corrected chi connectivity index (χ2v) is 5.45. The lowest BCUT2D eigenvalue weighted by molar-refractivity contribution is 1.50. The van der Waals surface area contributed by atoms with Crippen LogP contribution in [0.4, 0.5) is 0 Å². The maximum atomic E-state index is 2.31. The van der Waals surface area contributed by atoms with Crippen LogP contribution < -0.4 is 0 Å². The van der Waals surface area contributed by atoms with Gasteiger partial charge in [-0.05, 0) is 49.2 Å². The van der Waals surface area contributed by atoms with E-state index in [1.165, 1.54) is 43.1 Å². The zero-order chi connectivity index (χ0) is 17.1. The van der Waals surface area contributed by atoms with E-state index >= 15 is 0 Å². The van der Waals surface area contributed by atoms with Gasteiger partial charge in [-0.2, -0.15) is 0 Å². The molecule has 0 heterocycles. The molecule has 0 saturated carbocycles. The van der Waals surface area contributed by atoms with E-state index in [4.69, 9.17) is 0 Å². The van der Waals surface area contributed by atoms with Gasteiger partial charge in [-0.3, -0.25) is 0 Å². The Hall–Kier alpha value is -2.60. The lowest BCUT2D eigenvalue weighted by atomic mass is 9.91. The number of benzene rings is 5. The highest BCUT2D eigenvalue weighted by atomic mass is 14.1. The topological polar surface area (TPSA) is 0 Å². The Morgan fingerprint density at radius 3 is 1.75 bits per heavy atom. The quantitative estimate of drug-likeness (QED) is 0.202. The SMILES string of the molecule is CC.CC.c1ccc2c(c1)cc1ccc3cccc4ccc2c1c34. The van der Waals surface area contributed by atoms with Crippen molar-refractivity contribution < 1.29 is 0 Å². The van der Waals surface area contributed by atoms with Gasteiger partial charge in [0.05, 0.1) is 0 Å². The lowest BCUT2D eigenvalue weighted by Crippen LogP contribution is -1.85. The molecule has 5 aromatic carbocycles. The Morgan fingerprint density at radius 2 is 1.00 bits per heavy atom. The van der Waals surface area contributed by atoms with Crippen LogP contribution in [-0.4, -0.2) is 0 Å². The molecule has 0 aliphatic heterocycles. The monoisotopic (exact) mass is 312 g/mol. The molecular weight excluding hydrogens is 288 g/mol. The molecular formula is C24H24. The highest BCUT2D eigenvalue weighted by Gasteiger charge is 2.09. The summed E-state index contributed by atoms with van der Waals surface area (Å²) in [6.07, 6.45) is 0. The molecule has 5 rings (SSSR count). The van der Waals surface area contributed by atoms with Gasteiger partial charge in [0.25, 0.3) is 0 Å². The maximum absolute atomic E-state index is 2.31. The third kappa shape index (κ3) is 2.39. The minimum Gasteiger partial charge on any atom is -0.0683 e. The van der Waals surface area contributed by atoms with Gasteiger partial charge in [0.2, 0.25) is 0 Å². The molecule has 0 unspecified atom stereocenters. The Bertz CT molecular complexity index is 1070. The smallest absolute Gasteiger partial charge is 0.00204 e. The highest BCUT2D eigenvalue weighted by molar-refractivity contribution is 6.28. The summed E-state index contributed by atoms with van der Waals surface area (Å²) in [6.45, 7) is 8.00. The van der Waals surface area contributed by atoms with Crippen LogP contribution in [0.1, 0.15) is 27.7 Å². The molecule has 0 atom stereocenters. The van der Waals surface area contributed by atoms with E-state index in [9.17, 15) is 0 Å². The molecule has 0 nitrogen and oxygen atoms in total. The van der Waals surface area contributed by atoms with E-state index in [0.717, 1.165) is 0 Å². The van der Waals surface area contributed by atoms with Crippen molar-refractivity contribution in [3.63, 3.8) is 0 Å². The van der Waals surface area contributed by atoms with Gasteiger partial charge in [0.1, 0.15) is 0 Å². The van der Waals surface area contributed by atoms with Crippen molar-refractivity contribution in [2.75, 3.05) is 0 Å². The van der Waals surface area contributed by atoms with Crippen molar-refractivity contribution >= 4 is 43.1 Å². The average molecular weight is 312 g/mol. The number of hydrogen-bond acceptors (Lipinski definition) is 0. The predicted molar refractivity (Wildman–Crippen MR) is 110 cm³/mol. The maximum Gasteiger partial charge on any atom is -0.00204 e. The minimum absolute atomic E-state index is 1.32. The van der Waals surface area contributed by atoms with E-state index in [-0.39, 0.29) is 0 Å². The normalized spacial score (nSPS) is 10.5. The number of fused-ring (bicyclic) bond motifs is 2. The molecule has 5 aromatic rings.